The lowest BCUT2D eigenvalue weighted by Gasteiger charge is -2.10. The van der Waals surface area contributed by atoms with Gasteiger partial charge in [-0.15, -0.1) is 0 Å². The monoisotopic (exact) mass is 188 g/mol. The summed E-state index contributed by atoms with van der Waals surface area (Å²) in [5, 5.41) is 1.04. The molecule has 1 aromatic heterocycles. The second-order valence-electron chi connectivity index (χ2n) is 3.22. The van der Waals surface area contributed by atoms with Crippen LogP contribution in [0.4, 0.5) is 5.69 Å². The Morgan fingerprint density at radius 3 is 2.93 bits per heavy atom. The highest BCUT2D eigenvalue weighted by Crippen LogP contribution is 2.32. The molecule has 0 amide bonds. The summed E-state index contributed by atoms with van der Waals surface area (Å²) in [5.41, 5.74) is 8.39. The number of fused-ring (bicyclic) bond motifs is 1. The third-order valence-electron chi connectivity index (χ3n) is 2.27. The molecule has 2 N–H and O–H groups in total. The fraction of sp³-hybridized carbons (Fsp3) is 0.182. The van der Waals surface area contributed by atoms with E-state index in [1.165, 1.54) is 0 Å². The van der Waals surface area contributed by atoms with Crippen molar-refractivity contribution in [3.05, 3.63) is 30.0 Å². The Hall–Kier alpha value is -1.77. The molecule has 1 aromatic carbocycles. The Balaban J connectivity index is 2.86. The molecule has 0 atom stereocenters. The van der Waals surface area contributed by atoms with Gasteiger partial charge in [0.15, 0.2) is 0 Å². The van der Waals surface area contributed by atoms with Crippen LogP contribution in [0.25, 0.3) is 10.9 Å². The van der Waals surface area contributed by atoms with E-state index in [2.05, 4.69) is 4.98 Å². The number of anilines is 1. The Morgan fingerprint density at radius 1 is 1.43 bits per heavy atom. The number of rotatable bonds is 1. The zero-order valence-corrected chi connectivity index (χ0v) is 8.24. The number of hydrogen-bond acceptors (Lipinski definition) is 3. The Kier molecular flexibility index (Phi) is 2.00. The predicted octanol–water partition coefficient (Wildman–Crippen LogP) is 2.13. The number of ether oxygens (including phenoxy) is 1. The highest BCUT2D eigenvalue weighted by Gasteiger charge is 2.08. The predicted molar refractivity (Wildman–Crippen MR) is 57.4 cm³/mol. The summed E-state index contributed by atoms with van der Waals surface area (Å²) in [6.07, 6.45) is 1.73. The smallest absolute Gasteiger partial charge is 0.146 e. The minimum Gasteiger partial charge on any atom is -0.494 e. The van der Waals surface area contributed by atoms with Crippen LogP contribution >= 0.6 is 0 Å². The van der Waals surface area contributed by atoms with Crippen LogP contribution in [0.2, 0.25) is 0 Å². The summed E-state index contributed by atoms with van der Waals surface area (Å²) in [6.45, 7) is 1.97. The lowest BCUT2D eigenvalue weighted by molar-refractivity contribution is 0.414. The standard InChI is InChI=1S/C11H12N2O/c1-7-6-8-4-3-5-13-10(8)9(12)11(7)14-2/h3-6H,12H2,1-2H3. The number of nitrogen functional groups attached to an aromatic ring is 1. The molecule has 0 saturated heterocycles. The normalized spacial score (nSPS) is 10.4. The third-order valence-corrected chi connectivity index (χ3v) is 2.27. The van der Waals surface area contributed by atoms with E-state index in [-0.39, 0.29) is 0 Å². The van der Waals surface area contributed by atoms with Crippen molar-refractivity contribution in [2.75, 3.05) is 12.8 Å². The number of nitrogens with two attached hydrogens (primary N) is 1. The molecule has 2 rings (SSSR count). The first-order valence-electron chi connectivity index (χ1n) is 4.42. The van der Waals surface area contributed by atoms with E-state index >= 15 is 0 Å². The average molecular weight is 188 g/mol. The van der Waals surface area contributed by atoms with Gasteiger partial charge in [0.25, 0.3) is 0 Å². The van der Waals surface area contributed by atoms with Gasteiger partial charge >= 0.3 is 0 Å². The highest BCUT2D eigenvalue weighted by molar-refractivity contribution is 5.93. The number of methoxy groups -OCH3 is 1. The minimum absolute atomic E-state index is 0.614. The van der Waals surface area contributed by atoms with E-state index in [1.54, 1.807) is 13.3 Å². The number of nitrogens with zero attached hydrogens (tertiary/aromatic N) is 1. The number of hydrogen-bond donors (Lipinski definition) is 1. The van der Waals surface area contributed by atoms with Gasteiger partial charge in [0.1, 0.15) is 11.4 Å². The second-order valence-corrected chi connectivity index (χ2v) is 3.22. The largest absolute Gasteiger partial charge is 0.494 e. The van der Waals surface area contributed by atoms with E-state index in [4.69, 9.17) is 10.5 Å². The summed E-state index contributed by atoms with van der Waals surface area (Å²) < 4.78 is 5.22. The van der Waals surface area contributed by atoms with Crippen molar-refractivity contribution in [2.24, 2.45) is 0 Å². The van der Waals surface area contributed by atoms with Crippen LogP contribution in [0.5, 0.6) is 5.75 Å². The SMILES string of the molecule is COc1c(C)cc2cccnc2c1N. The first-order valence-corrected chi connectivity index (χ1v) is 4.42. The van der Waals surface area contributed by atoms with Crippen LogP contribution in [0.1, 0.15) is 5.56 Å². The van der Waals surface area contributed by atoms with Crippen molar-refractivity contribution in [3.8, 4) is 5.75 Å². The maximum absolute atomic E-state index is 5.94. The highest BCUT2D eigenvalue weighted by atomic mass is 16.5. The van der Waals surface area contributed by atoms with Crippen molar-refractivity contribution in [2.45, 2.75) is 6.92 Å². The van der Waals surface area contributed by atoms with E-state index in [0.29, 0.717) is 5.69 Å². The fourth-order valence-electron chi connectivity index (χ4n) is 1.65. The number of benzene rings is 1. The Bertz CT molecular complexity index is 480. The molecule has 0 radical (unpaired) electrons. The molecule has 3 heteroatoms. The quantitative estimate of drug-likeness (QED) is 0.697. The van der Waals surface area contributed by atoms with E-state index in [0.717, 1.165) is 22.2 Å². The van der Waals surface area contributed by atoms with Crippen LogP contribution in [-0.4, -0.2) is 12.1 Å². The Labute approximate surface area is 82.5 Å². The lowest BCUT2D eigenvalue weighted by Crippen LogP contribution is -1.97. The second kappa shape index (κ2) is 3.18. The maximum Gasteiger partial charge on any atom is 0.146 e. The van der Waals surface area contributed by atoms with Crippen LogP contribution in [-0.2, 0) is 0 Å². The summed E-state index contributed by atoms with van der Waals surface area (Å²) in [5.74, 6) is 0.719. The molecule has 0 saturated carbocycles. The van der Waals surface area contributed by atoms with Gasteiger partial charge in [0, 0.05) is 11.6 Å². The van der Waals surface area contributed by atoms with Crippen LogP contribution in [0.3, 0.4) is 0 Å². The zero-order valence-electron chi connectivity index (χ0n) is 8.24. The van der Waals surface area contributed by atoms with Crippen LogP contribution in [0, 0.1) is 6.92 Å². The fourth-order valence-corrected chi connectivity index (χ4v) is 1.65. The summed E-state index contributed by atoms with van der Waals surface area (Å²) in [4.78, 5) is 4.23. The molecule has 72 valence electrons. The first kappa shape index (κ1) is 8.81. The number of aryl methyl sites for hydroxylation is 1. The molecule has 0 unspecified atom stereocenters. The summed E-state index contributed by atoms with van der Waals surface area (Å²) >= 11 is 0. The molecule has 0 aliphatic rings. The van der Waals surface area contributed by atoms with E-state index < -0.39 is 0 Å². The molecular weight excluding hydrogens is 176 g/mol. The van der Waals surface area contributed by atoms with E-state index in [9.17, 15) is 0 Å². The topological polar surface area (TPSA) is 48.1 Å². The molecule has 1 heterocycles. The van der Waals surface area contributed by atoms with Gasteiger partial charge in [-0.2, -0.15) is 0 Å². The maximum atomic E-state index is 5.94. The Morgan fingerprint density at radius 2 is 2.21 bits per heavy atom. The van der Waals surface area contributed by atoms with Gasteiger partial charge in [-0.1, -0.05) is 6.07 Å². The van der Waals surface area contributed by atoms with Crippen molar-refractivity contribution in [1.29, 1.82) is 0 Å². The van der Waals surface area contributed by atoms with Crippen LogP contribution in [0.15, 0.2) is 24.4 Å². The molecule has 0 aliphatic heterocycles. The average Bonchev–Trinajstić information content (AvgIpc) is 2.18. The number of pyridine rings is 1. The molecule has 2 aromatic rings. The summed E-state index contributed by atoms with van der Waals surface area (Å²) in [7, 11) is 1.62. The van der Waals surface area contributed by atoms with E-state index in [1.807, 2.05) is 25.1 Å². The van der Waals surface area contributed by atoms with Gasteiger partial charge < -0.3 is 10.5 Å². The molecule has 0 bridgehead atoms. The lowest BCUT2D eigenvalue weighted by atomic mass is 10.1. The minimum atomic E-state index is 0.614. The van der Waals surface area contributed by atoms with Gasteiger partial charge in [-0.25, -0.2) is 0 Å². The zero-order chi connectivity index (χ0) is 10.1. The van der Waals surface area contributed by atoms with Gasteiger partial charge in [0.05, 0.1) is 12.6 Å². The van der Waals surface area contributed by atoms with Gasteiger partial charge in [-0.3, -0.25) is 4.98 Å². The molecule has 0 aliphatic carbocycles. The van der Waals surface area contributed by atoms with Crippen molar-refractivity contribution >= 4 is 16.6 Å². The molecule has 14 heavy (non-hydrogen) atoms. The third kappa shape index (κ3) is 1.18. The molecule has 0 fully saturated rings. The molecule has 3 nitrogen and oxygen atoms in total. The molecular formula is C11H12N2O. The van der Waals surface area contributed by atoms with Crippen molar-refractivity contribution < 1.29 is 4.74 Å². The first-order chi connectivity index (χ1) is 6.74. The van der Waals surface area contributed by atoms with Crippen molar-refractivity contribution in [3.63, 3.8) is 0 Å². The summed E-state index contributed by atoms with van der Waals surface area (Å²) in [6, 6.07) is 5.91. The van der Waals surface area contributed by atoms with Crippen LogP contribution < -0.4 is 10.5 Å². The number of aromatic nitrogens is 1. The van der Waals surface area contributed by atoms with Gasteiger partial charge in [0.2, 0.25) is 0 Å². The van der Waals surface area contributed by atoms with Crippen molar-refractivity contribution in [1.82, 2.24) is 4.98 Å². The van der Waals surface area contributed by atoms with Gasteiger partial charge in [-0.05, 0) is 24.6 Å². The molecule has 0 spiro atoms.